The molecule has 2 heteroatoms. The molecule has 0 amide bonds. The molecule has 0 aliphatic heterocycles. The van der Waals surface area contributed by atoms with Gasteiger partial charge in [0.1, 0.15) is 0 Å². The molecule has 11 heavy (non-hydrogen) atoms. The average molecular weight is 157 g/mol. The normalized spacial score (nSPS) is 23.2. The van der Waals surface area contributed by atoms with Gasteiger partial charge in [-0.2, -0.15) is 0 Å². The van der Waals surface area contributed by atoms with Gasteiger partial charge in [-0.25, -0.2) is 0 Å². The fourth-order valence-electron chi connectivity index (χ4n) is 0.982. The fourth-order valence-corrected chi connectivity index (χ4v) is 0.982. The van der Waals surface area contributed by atoms with Crippen LogP contribution in [-0.2, 0) is 9.47 Å². The molecule has 1 rings (SSSR count). The van der Waals surface area contributed by atoms with Crippen LogP contribution < -0.4 is 0 Å². The minimum atomic E-state index is -0.379. The molecule has 0 aromatic heterocycles. The topological polar surface area (TPSA) is 18.5 Å². The molecule has 0 spiro atoms. The Morgan fingerprint density at radius 3 is 2.55 bits per heavy atom. The van der Waals surface area contributed by atoms with E-state index in [9.17, 15) is 0 Å². The molecule has 0 aromatic carbocycles. The highest BCUT2D eigenvalue weighted by molar-refractivity contribution is 4.77. The molecular weight excluding hydrogens is 140 g/mol. The third-order valence-corrected chi connectivity index (χ3v) is 1.95. The summed E-state index contributed by atoms with van der Waals surface area (Å²) in [4.78, 5) is 0. The van der Waals surface area contributed by atoms with E-state index in [0.29, 0.717) is 6.10 Å². The Bertz CT molecular complexity index is 121. The second kappa shape index (κ2) is 3.55. The zero-order valence-corrected chi connectivity index (χ0v) is 7.59. The van der Waals surface area contributed by atoms with Crippen LogP contribution in [0.2, 0.25) is 0 Å². The molecule has 1 unspecified atom stereocenters. The van der Waals surface area contributed by atoms with Gasteiger partial charge in [-0.05, 0) is 33.1 Å². The van der Waals surface area contributed by atoms with Crippen molar-refractivity contribution in [3.63, 3.8) is 0 Å². The van der Waals surface area contributed by atoms with Gasteiger partial charge >= 0.3 is 0 Å². The predicted octanol–water partition coefficient (Wildman–Crippen LogP) is 2.49. The van der Waals surface area contributed by atoms with Crippen molar-refractivity contribution in [2.75, 3.05) is 0 Å². The lowest BCUT2D eigenvalue weighted by atomic mass is 10.2. The predicted molar refractivity (Wildman–Crippen MR) is 43.9 cm³/mol. The minimum Gasteiger partial charge on any atom is -0.347 e. The van der Waals surface area contributed by atoms with Crippen LogP contribution in [0.25, 0.3) is 0 Å². The Morgan fingerprint density at radius 1 is 1.55 bits per heavy atom. The summed E-state index contributed by atoms with van der Waals surface area (Å²) in [7, 11) is 0. The van der Waals surface area contributed by atoms with E-state index in [0.717, 1.165) is 6.42 Å². The summed E-state index contributed by atoms with van der Waals surface area (Å²) in [6, 6.07) is 0. The monoisotopic (exact) mass is 157 g/mol. The van der Waals surface area contributed by atoms with Crippen LogP contribution >= 0.6 is 0 Å². The highest BCUT2D eigenvalue weighted by Gasteiger charge is 2.33. The van der Waals surface area contributed by atoms with Gasteiger partial charge in [0.15, 0.2) is 5.79 Å². The summed E-state index contributed by atoms with van der Waals surface area (Å²) in [5.41, 5.74) is 0. The van der Waals surface area contributed by atoms with Crippen LogP contribution in [0.4, 0.5) is 0 Å². The van der Waals surface area contributed by atoms with E-state index in [4.69, 9.17) is 9.47 Å². The van der Waals surface area contributed by atoms with E-state index in [2.05, 4.69) is 6.92 Å². The van der Waals surface area contributed by atoms with E-state index in [1.165, 1.54) is 12.8 Å². The summed E-state index contributed by atoms with van der Waals surface area (Å²) < 4.78 is 11.1. The molecule has 1 atom stereocenters. The highest BCUT2D eigenvalue weighted by Crippen LogP contribution is 2.31. The van der Waals surface area contributed by atoms with Gasteiger partial charge < -0.3 is 9.47 Å². The van der Waals surface area contributed by atoms with E-state index < -0.39 is 0 Å². The van der Waals surface area contributed by atoms with Crippen LogP contribution in [0.5, 0.6) is 0 Å². The van der Waals surface area contributed by atoms with Crippen molar-refractivity contribution in [1.29, 1.82) is 0 Å². The maximum atomic E-state index is 5.68. The molecule has 0 N–H and O–H groups in total. The summed E-state index contributed by atoms with van der Waals surface area (Å²) >= 11 is 0. The molecule has 0 heterocycles. The Kier molecular flexibility index (Phi) is 2.90. The summed E-state index contributed by atoms with van der Waals surface area (Å²) in [5, 5.41) is 0. The zero-order chi connectivity index (χ0) is 8.32. The van der Waals surface area contributed by atoms with Crippen LogP contribution in [0.15, 0.2) is 0 Å². The molecule has 0 saturated heterocycles. The largest absolute Gasteiger partial charge is 0.347 e. The highest BCUT2D eigenvalue weighted by atomic mass is 16.7. The molecule has 65 valence electrons. The van der Waals surface area contributed by atoms with E-state index >= 15 is 0 Å². The van der Waals surface area contributed by atoms with Gasteiger partial charge in [-0.3, -0.25) is 0 Å². The SMILES string of the molecule is C[CH]OC(C)(CC)OC1CC1. The lowest BCUT2D eigenvalue weighted by molar-refractivity contribution is -0.214. The van der Waals surface area contributed by atoms with Gasteiger partial charge in [-0.15, -0.1) is 0 Å². The smallest absolute Gasteiger partial charge is 0.166 e. The second-order valence-corrected chi connectivity index (χ2v) is 3.16. The first-order valence-corrected chi connectivity index (χ1v) is 4.33. The Balaban J connectivity index is 2.29. The van der Waals surface area contributed by atoms with Crippen LogP contribution in [-0.4, -0.2) is 11.9 Å². The summed E-state index contributed by atoms with van der Waals surface area (Å²) in [6.45, 7) is 7.65. The zero-order valence-electron chi connectivity index (χ0n) is 7.59. The number of rotatable bonds is 5. The van der Waals surface area contributed by atoms with Gasteiger partial charge in [0, 0.05) is 0 Å². The van der Waals surface area contributed by atoms with Crippen molar-refractivity contribution in [2.24, 2.45) is 0 Å². The third-order valence-electron chi connectivity index (χ3n) is 1.95. The molecule has 1 radical (unpaired) electrons. The van der Waals surface area contributed by atoms with Crippen LogP contribution in [0.3, 0.4) is 0 Å². The summed E-state index contributed by atoms with van der Waals surface area (Å²) in [6.07, 6.45) is 3.75. The van der Waals surface area contributed by atoms with Gasteiger partial charge in [0.2, 0.25) is 0 Å². The van der Waals surface area contributed by atoms with Crippen molar-refractivity contribution < 1.29 is 9.47 Å². The standard InChI is InChI=1S/C9H17O2/c1-4-9(3,10-5-2)11-8-6-7-8/h5,8H,4,6-7H2,1-3H3. The first-order valence-electron chi connectivity index (χ1n) is 4.33. The number of hydrogen-bond acceptors (Lipinski definition) is 2. The van der Waals surface area contributed by atoms with Gasteiger partial charge in [0.25, 0.3) is 0 Å². The van der Waals surface area contributed by atoms with Crippen molar-refractivity contribution in [1.82, 2.24) is 0 Å². The van der Waals surface area contributed by atoms with Gasteiger partial charge in [-0.1, -0.05) is 6.92 Å². The first kappa shape index (κ1) is 9.01. The minimum absolute atomic E-state index is 0.379. The number of hydrogen-bond donors (Lipinski definition) is 0. The van der Waals surface area contributed by atoms with E-state index in [1.54, 1.807) is 6.61 Å². The van der Waals surface area contributed by atoms with Crippen LogP contribution in [0, 0.1) is 6.61 Å². The Morgan fingerprint density at radius 2 is 2.18 bits per heavy atom. The van der Waals surface area contributed by atoms with E-state index in [-0.39, 0.29) is 5.79 Å². The summed E-state index contributed by atoms with van der Waals surface area (Å²) in [5.74, 6) is -0.379. The third kappa shape index (κ3) is 2.80. The molecular formula is C9H17O2. The fraction of sp³-hybridized carbons (Fsp3) is 0.889. The first-order chi connectivity index (χ1) is 5.20. The average Bonchev–Trinajstić information content (AvgIpc) is 2.73. The molecule has 0 aromatic rings. The van der Waals surface area contributed by atoms with Crippen molar-refractivity contribution >= 4 is 0 Å². The van der Waals surface area contributed by atoms with Crippen LogP contribution in [0.1, 0.15) is 40.0 Å². The van der Waals surface area contributed by atoms with Crippen molar-refractivity contribution in [2.45, 2.75) is 51.9 Å². The maximum Gasteiger partial charge on any atom is 0.166 e. The molecule has 1 fully saturated rings. The van der Waals surface area contributed by atoms with Crippen molar-refractivity contribution in [3.8, 4) is 0 Å². The molecule has 0 bridgehead atoms. The van der Waals surface area contributed by atoms with E-state index in [1.807, 2.05) is 13.8 Å². The molecule has 1 aliphatic carbocycles. The van der Waals surface area contributed by atoms with Crippen molar-refractivity contribution in [3.05, 3.63) is 6.61 Å². The molecule has 1 saturated carbocycles. The lowest BCUT2D eigenvalue weighted by Gasteiger charge is -2.27. The molecule has 2 nitrogen and oxygen atoms in total. The Hall–Kier alpha value is -0.0800. The number of ether oxygens (including phenoxy) is 2. The maximum absolute atomic E-state index is 5.68. The van der Waals surface area contributed by atoms with Gasteiger partial charge in [0.05, 0.1) is 12.7 Å². The quantitative estimate of drug-likeness (QED) is 0.571. The lowest BCUT2D eigenvalue weighted by Crippen LogP contribution is -2.31. The second-order valence-electron chi connectivity index (χ2n) is 3.16. The Labute approximate surface area is 68.9 Å². The molecule has 1 aliphatic rings.